The number of amides is 3. The molecule has 1 aromatic carbocycles. The second-order valence-corrected chi connectivity index (χ2v) is 17.0. The number of nitrogens with one attached hydrogen (secondary N) is 3. The van der Waals surface area contributed by atoms with E-state index >= 15 is 0 Å². The van der Waals surface area contributed by atoms with Gasteiger partial charge in [-0.25, -0.2) is 14.8 Å². The van der Waals surface area contributed by atoms with Gasteiger partial charge in [0.15, 0.2) is 0 Å². The molecule has 0 unspecified atom stereocenters. The molecule has 11 nitrogen and oxygen atoms in total. The molecule has 53 heavy (non-hydrogen) atoms. The minimum Gasteiger partial charge on any atom is -0.453 e. The number of hydrogen-bond donors (Lipinski definition) is 3. The maximum absolute atomic E-state index is 13.7. The van der Waals surface area contributed by atoms with Crippen LogP contribution in [-0.4, -0.2) is 73.9 Å². The summed E-state index contributed by atoms with van der Waals surface area (Å²) in [6.07, 6.45) is 13.9. The average molecular weight is 724 g/mol. The van der Waals surface area contributed by atoms with Gasteiger partial charge in [-0.05, 0) is 86.7 Å². The highest BCUT2D eigenvalue weighted by atomic mass is 16.5. The number of carbonyl (C=O) groups is 3. The number of rotatable bonds is 10. The van der Waals surface area contributed by atoms with Gasteiger partial charge in [-0.1, -0.05) is 70.5 Å². The second kappa shape index (κ2) is 14.4. The van der Waals surface area contributed by atoms with Crippen LogP contribution in [0.3, 0.4) is 0 Å². The average Bonchev–Trinajstić information content (AvgIpc) is 4.00. The number of methoxy groups -OCH3 is 1. The Balaban J connectivity index is 1.01. The van der Waals surface area contributed by atoms with Crippen molar-refractivity contribution in [2.24, 2.45) is 17.8 Å². The predicted octanol–water partition coefficient (Wildman–Crippen LogP) is 7.51. The van der Waals surface area contributed by atoms with Crippen molar-refractivity contribution in [3.05, 3.63) is 71.2 Å². The summed E-state index contributed by atoms with van der Waals surface area (Å²) < 4.78 is 4.80. The van der Waals surface area contributed by atoms with Crippen LogP contribution in [0.15, 0.2) is 48.3 Å². The number of hydrogen-bond acceptors (Lipinski definition) is 6. The summed E-state index contributed by atoms with van der Waals surface area (Å²) in [5.41, 5.74) is 6.12. The molecule has 2 aliphatic heterocycles. The van der Waals surface area contributed by atoms with Gasteiger partial charge in [-0.15, -0.1) is 0 Å². The van der Waals surface area contributed by atoms with Gasteiger partial charge in [0.1, 0.15) is 23.7 Å². The van der Waals surface area contributed by atoms with Crippen molar-refractivity contribution in [2.45, 2.75) is 122 Å². The highest BCUT2D eigenvalue weighted by molar-refractivity contribution is 5.86. The van der Waals surface area contributed by atoms with Crippen LogP contribution in [-0.2, 0) is 25.2 Å². The molecule has 3 N–H and O–H groups in total. The molecule has 2 aromatic heterocycles. The molecule has 4 heterocycles. The lowest BCUT2D eigenvalue weighted by Gasteiger charge is -2.53. The van der Waals surface area contributed by atoms with E-state index < -0.39 is 12.1 Å². The lowest BCUT2D eigenvalue weighted by Crippen LogP contribution is -2.51. The van der Waals surface area contributed by atoms with Gasteiger partial charge >= 0.3 is 6.09 Å². The summed E-state index contributed by atoms with van der Waals surface area (Å²) in [4.78, 5) is 59.7. The lowest BCUT2D eigenvalue weighted by molar-refractivity contribution is -0.137. The molecule has 1 saturated heterocycles. The monoisotopic (exact) mass is 723 g/mol. The van der Waals surface area contributed by atoms with Gasteiger partial charge < -0.3 is 29.8 Å². The van der Waals surface area contributed by atoms with E-state index in [1.807, 2.05) is 43.0 Å². The van der Waals surface area contributed by atoms with E-state index in [-0.39, 0.29) is 52.5 Å². The molecule has 4 atom stereocenters. The fourth-order valence-electron chi connectivity index (χ4n) is 9.40. The Bertz CT molecular complexity index is 1830. The lowest BCUT2D eigenvalue weighted by atomic mass is 9.51. The first kappa shape index (κ1) is 36.9. The van der Waals surface area contributed by atoms with Gasteiger partial charge in [-0.2, -0.15) is 0 Å². The van der Waals surface area contributed by atoms with Crippen LogP contribution in [0.1, 0.15) is 128 Å². The maximum atomic E-state index is 13.7. The number of fused-ring (bicyclic) bond motifs is 3. The molecule has 3 aliphatic carbocycles. The van der Waals surface area contributed by atoms with E-state index in [2.05, 4.69) is 66.4 Å². The van der Waals surface area contributed by atoms with Crippen molar-refractivity contribution in [1.82, 2.24) is 35.1 Å². The topological polar surface area (TPSA) is 136 Å². The molecule has 4 fully saturated rings. The molecule has 3 saturated carbocycles. The smallest absolute Gasteiger partial charge is 0.407 e. The first-order valence-electron chi connectivity index (χ1n) is 19.7. The number of ether oxygens (including phenoxy) is 1. The molecule has 0 spiro atoms. The highest BCUT2D eigenvalue weighted by Crippen LogP contribution is 2.58. The molecular formula is C42H57N7O4. The zero-order valence-corrected chi connectivity index (χ0v) is 32.5. The summed E-state index contributed by atoms with van der Waals surface area (Å²) in [6.45, 7) is 13.5. The van der Waals surface area contributed by atoms with Gasteiger partial charge in [-0.3, -0.25) is 9.59 Å². The number of nitrogens with zero attached hydrogens (tertiary/aromatic N) is 4. The Morgan fingerprint density at radius 2 is 1.51 bits per heavy atom. The number of imidazole rings is 2. The summed E-state index contributed by atoms with van der Waals surface area (Å²) in [7, 11) is 1.32. The highest BCUT2D eigenvalue weighted by Gasteiger charge is 2.51. The minimum absolute atomic E-state index is 0.0400. The molecule has 3 aromatic rings. The van der Waals surface area contributed by atoms with Crippen LogP contribution in [0, 0.1) is 17.8 Å². The fourth-order valence-corrected chi connectivity index (χ4v) is 9.40. The van der Waals surface area contributed by atoms with Gasteiger partial charge in [0.25, 0.3) is 0 Å². The van der Waals surface area contributed by atoms with Crippen LogP contribution < -0.4 is 5.32 Å². The van der Waals surface area contributed by atoms with Gasteiger partial charge in [0, 0.05) is 36.3 Å². The Morgan fingerprint density at radius 3 is 2.15 bits per heavy atom. The third kappa shape index (κ3) is 6.80. The second-order valence-electron chi connectivity index (χ2n) is 17.0. The van der Waals surface area contributed by atoms with E-state index in [9.17, 15) is 14.4 Å². The molecule has 284 valence electrons. The summed E-state index contributed by atoms with van der Waals surface area (Å²) in [5, 5.41) is 2.74. The number of likely N-dealkylation sites (tertiary alicyclic amines) is 1. The Kier molecular flexibility index (Phi) is 10.1. The quantitative estimate of drug-likeness (QED) is 0.185. The molecular weight excluding hydrogens is 667 g/mol. The molecule has 8 rings (SSSR count). The molecule has 2 bridgehead atoms. The van der Waals surface area contributed by atoms with Crippen molar-refractivity contribution >= 4 is 17.9 Å². The molecule has 3 amide bonds. The Hall–Kier alpha value is -4.41. The number of H-pyrrole nitrogens is 2. The van der Waals surface area contributed by atoms with Crippen LogP contribution in [0.25, 0.3) is 11.3 Å². The molecule has 5 aliphatic rings. The van der Waals surface area contributed by atoms with Crippen LogP contribution in [0.2, 0.25) is 0 Å². The first-order chi connectivity index (χ1) is 25.3. The maximum Gasteiger partial charge on any atom is 0.407 e. The predicted molar refractivity (Wildman–Crippen MR) is 204 cm³/mol. The summed E-state index contributed by atoms with van der Waals surface area (Å²) >= 11 is 0. The van der Waals surface area contributed by atoms with E-state index in [0.29, 0.717) is 13.1 Å². The first-order valence-corrected chi connectivity index (χ1v) is 19.7. The summed E-state index contributed by atoms with van der Waals surface area (Å²) in [5.74, 6) is 1.93. The van der Waals surface area contributed by atoms with Crippen molar-refractivity contribution < 1.29 is 19.1 Å². The van der Waals surface area contributed by atoms with Crippen molar-refractivity contribution in [3.63, 3.8) is 0 Å². The number of aromatic nitrogens is 4. The van der Waals surface area contributed by atoms with E-state index in [1.165, 1.54) is 23.9 Å². The van der Waals surface area contributed by atoms with Crippen molar-refractivity contribution in [2.75, 3.05) is 20.2 Å². The minimum atomic E-state index is -0.646. The Morgan fingerprint density at radius 1 is 0.849 bits per heavy atom. The zero-order chi connectivity index (χ0) is 37.7. The number of benzene rings is 1. The van der Waals surface area contributed by atoms with E-state index in [4.69, 9.17) is 14.7 Å². The third-order valence-electron chi connectivity index (χ3n) is 13.2. The molecule has 0 radical (unpaired) electrons. The third-order valence-corrected chi connectivity index (χ3v) is 13.2. The van der Waals surface area contributed by atoms with Crippen molar-refractivity contribution in [3.8, 4) is 11.3 Å². The normalized spacial score (nSPS) is 26.6. The SMILES string of the molecule is COC(=O)N[C@H](C(=O)N1CCC[C@H]1c1ncc(C23CCC(c4ccc(-c5cnc([C@@H]6C=C(C)CN6C(=O)[C@@H](C)C(C)C)[nH]5)cc4)(CC2)CC3)[nH]1)C(C)C. The molecule has 11 heteroatoms. The van der Waals surface area contributed by atoms with Crippen LogP contribution in [0.5, 0.6) is 0 Å². The van der Waals surface area contributed by atoms with E-state index in [1.54, 1.807) is 0 Å². The zero-order valence-electron chi connectivity index (χ0n) is 32.5. The standard InChI is InChI=1S/C42H57N7O4/c1-25(2)28(6)38(50)49-24-27(5)21-33(49)37-43-22-31(45-37)29-10-12-30(13-11-29)41-14-17-42(18-15-41,19-16-41)34-23-44-36(46-34)32-9-8-20-48(32)39(51)35(26(3)4)47-40(52)53-7/h10-13,21-23,25-26,28,32-33,35H,8-9,14-20,24H2,1-7H3,(H,43,45)(H,44,46)(H,47,52)/t28-,32-,33-,35-,41?,42?/m0/s1. The Labute approximate surface area is 313 Å². The summed E-state index contributed by atoms with van der Waals surface area (Å²) in [6, 6.07) is 8.12. The largest absolute Gasteiger partial charge is 0.453 e. The number of carbonyl (C=O) groups excluding carboxylic acids is 3. The van der Waals surface area contributed by atoms with Crippen LogP contribution >= 0.6 is 0 Å². The fraction of sp³-hybridized carbons (Fsp3) is 0.595. The van der Waals surface area contributed by atoms with E-state index in [0.717, 1.165) is 74.3 Å². The van der Waals surface area contributed by atoms with Crippen LogP contribution in [0.4, 0.5) is 4.79 Å². The van der Waals surface area contributed by atoms with Crippen molar-refractivity contribution in [1.29, 1.82) is 0 Å². The van der Waals surface area contributed by atoms with Gasteiger partial charge in [0.2, 0.25) is 11.8 Å². The van der Waals surface area contributed by atoms with Gasteiger partial charge in [0.05, 0.1) is 25.0 Å². The number of alkyl carbamates (subject to hydrolysis) is 1. The number of aromatic amines is 2.